The number of aryl methyl sites for hydroxylation is 1. The molecular weight excluding hydrogens is 285 g/mol. The van der Waals surface area contributed by atoms with Crippen LogP contribution in [0.15, 0.2) is 18.2 Å². The third kappa shape index (κ3) is 3.27. The largest absolute Gasteiger partial charge is 0.391 e. The second-order valence-electron chi connectivity index (χ2n) is 6.00. The van der Waals surface area contributed by atoms with Gasteiger partial charge in [-0.2, -0.15) is 0 Å². The van der Waals surface area contributed by atoms with Crippen LogP contribution in [0, 0.1) is 11.7 Å². The van der Waals surface area contributed by atoms with Crippen molar-refractivity contribution in [1.82, 2.24) is 14.9 Å². The number of nitrogens with zero attached hydrogens (tertiary/aromatic N) is 2. The van der Waals surface area contributed by atoms with Gasteiger partial charge in [-0.25, -0.2) is 9.37 Å². The molecular formula is C16H20FN3O2. The van der Waals surface area contributed by atoms with Crippen LogP contribution in [-0.4, -0.2) is 45.6 Å². The summed E-state index contributed by atoms with van der Waals surface area (Å²) in [7, 11) is 1.70. The molecule has 0 bridgehead atoms. The standard InChI is InChI=1S/C16H20FN3O2/c1-20(9-13(21)10-5-6-10)15(22)8-7-14-18-12-4-2-3-11(17)16(12)19-14/h2-4,10,13,21H,5-9H2,1H3,(H,18,19). The molecule has 1 aromatic heterocycles. The summed E-state index contributed by atoms with van der Waals surface area (Å²) in [6.45, 7) is 0.373. The Bertz CT molecular complexity index is 681. The number of aliphatic hydroxyl groups excluding tert-OH is 1. The summed E-state index contributed by atoms with van der Waals surface area (Å²) in [5.74, 6) is 0.551. The number of halogens is 1. The zero-order valence-electron chi connectivity index (χ0n) is 12.6. The molecule has 0 aliphatic heterocycles. The van der Waals surface area contributed by atoms with Gasteiger partial charge in [0.1, 0.15) is 11.3 Å². The minimum absolute atomic E-state index is 0.0411. The van der Waals surface area contributed by atoms with E-state index in [1.165, 1.54) is 6.07 Å². The van der Waals surface area contributed by atoms with Crippen molar-refractivity contribution in [2.75, 3.05) is 13.6 Å². The number of carbonyl (C=O) groups is 1. The minimum atomic E-state index is -0.422. The number of aliphatic hydroxyl groups is 1. The molecule has 0 radical (unpaired) electrons. The number of H-pyrrole nitrogens is 1. The number of fused-ring (bicyclic) bond motifs is 1. The maximum absolute atomic E-state index is 13.6. The van der Waals surface area contributed by atoms with Crippen molar-refractivity contribution in [3.63, 3.8) is 0 Å². The van der Waals surface area contributed by atoms with Crippen LogP contribution in [0.5, 0.6) is 0 Å². The van der Waals surface area contributed by atoms with Gasteiger partial charge in [-0.1, -0.05) is 6.07 Å². The summed E-state index contributed by atoms with van der Waals surface area (Å²) in [6, 6.07) is 4.75. The van der Waals surface area contributed by atoms with E-state index < -0.39 is 6.10 Å². The Kier molecular flexibility index (Phi) is 4.11. The van der Waals surface area contributed by atoms with E-state index in [0.717, 1.165) is 12.8 Å². The number of nitrogens with one attached hydrogen (secondary N) is 1. The van der Waals surface area contributed by atoms with Gasteiger partial charge in [0.15, 0.2) is 5.82 Å². The van der Waals surface area contributed by atoms with Gasteiger partial charge in [-0.15, -0.1) is 0 Å². The highest BCUT2D eigenvalue weighted by Crippen LogP contribution is 2.32. The highest BCUT2D eigenvalue weighted by molar-refractivity contribution is 5.77. The van der Waals surface area contributed by atoms with Gasteiger partial charge in [0.2, 0.25) is 5.91 Å². The van der Waals surface area contributed by atoms with E-state index in [1.54, 1.807) is 24.1 Å². The quantitative estimate of drug-likeness (QED) is 0.856. The predicted octanol–water partition coefficient (Wildman–Crippen LogP) is 1.86. The number of rotatable bonds is 6. The van der Waals surface area contributed by atoms with Gasteiger partial charge in [-0.3, -0.25) is 4.79 Å². The second-order valence-corrected chi connectivity index (χ2v) is 6.00. The molecule has 1 fully saturated rings. The summed E-state index contributed by atoms with van der Waals surface area (Å²) in [6.07, 6.45) is 2.39. The second kappa shape index (κ2) is 6.04. The van der Waals surface area contributed by atoms with Crippen LogP contribution in [0.4, 0.5) is 4.39 Å². The van der Waals surface area contributed by atoms with Crippen molar-refractivity contribution in [2.24, 2.45) is 5.92 Å². The Morgan fingerprint density at radius 3 is 3.00 bits per heavy atom. The maximum Gasteiger partial charge on any atom is 0.222 e. The Balaban J connectivity index is 1.56. The van der Waals surface area contributed by atoms with Crippen LogP contribution < -0.4 is 0 Å². The fourth-order valence-corrected chi connectivity index (χ4v) is 2.60. The molecule has 1 heterocycles. The first-order chi connectivity index (χ1) is 10.5. The van der Waals surface area contributed by atoms with Crippen LogP contribution in [0.25, 0.3) is 11.0 Å². The lowest BCUT2D eigenvalue weighted by molar-refractivity contribution is -0.131. The predicted molar refractivity (Wildman–Crippen MR) is 80.7 cm³/mol. The van der Waals surface area contributed by atoms with E-state index in [2.05, 4.69) is 9.97 Å². The molecule has 1 amide bonds. The van der Waals surface area contributed by atoms with Gasteiger partial charge in [0.05, 0.1) is 11.6 Å². The molecule has 2 aromatic rings. The van der Waals surface area contributed by atoms with Crippen molar-refractivity contribution in [3.8, 4) is 0 Å². The lowest BCUT2D eigenvalue weighted by atomic mass is 10.2. The maximum atomic E-state index is 13.6. The van der Waals surface area contributed by atoms with E-state index in [-0.39, 0.29) is 18.1 Å². The Morgan fingerprint density at radius 2 is 2.32 bits per heavy atom. The third-order valence-corrected chi connectivity index (χ3v) is 4.14. The smallest absolute Gasteiger partial charge is 0.222 e. The van der Waals surface area contributed by atoms with E-state index >= 15 is 0 Å². The average Bonchev–Trinajstić information content (AvgIpc) is 3.25. The number of aromatic amines is 1. The first-order valence-electron chi connectivity index (χ1n) is 7.59. The van der Waals surface area contributed by atoms with Crippen molar-refractivity contribution < 1.29 is 14.3 Å². The van der Waals surface area contributed by atoms with Crippen molar-refractivity contribution in [2.45, 2.75) is 31.8 Å². The molecule has 3 rings (SSSR count). The number of hydrogen-bond donors (Lipinski definition) is 2. The van der Waals surface area contributed by atoms with E-state index in [0.29, 0.717) is 35.7 Å². The number of likely N-dealkylation sites (N-methyl/N-ethyl adjacent to an activating group) is 1. The van der Waals surface area contributed by atoms with Crippen LogP contribution >= 0.6 is 0 Å². The molecule has 1 aromatic carbocycles. The van der Waals surface area contributed by atoms with Gasteiger partial charge in [0.25, 0.3) is 0 Å². The molecule has 1 saturated carbocycles. The summed E-state index contributed by atoms with van der Waals surface area (Å²) in [5, 5.41) is 9.87. The highest BCUT2D eigenvalue weighted by Gasteiger charge is 2.31. The van der Waals surface area contributed by atoms with Crippen molar-refractivity contribution >= 4 is 16.9 Å². The molecule has 22 heavy (non-hydrogen) atoms. The van der Waals surface area contributed by atoms with E-state index in [1.807, 2.05) is 0 Å². The fourth-order valence-electron chi connectivity index (χ4n) is 2.60. The Labute approximate surface area is 128 Å². The van der Waals surface area contributed by atoms with Crippen LogP contribution in [-0.2, 0) is 11.2 Å². The Morgan fingerprint density at radius 1 is 1.55 bits per heavy atom. The topological polar surface area (TPSA) is 69.2 Å². The van der Waals surface area contributed by atoms with Crippen LogP contribution in [0.3, 0.4) is 0 Å². The van der Waals surface area contributed by atoms with Gasteiger partial charge in [0, 0.05) is 26.4 Å². The van der Waals surface area contributed by atoms with Crippen molar-refractivity contribution in [3.05, 3.63) is 29.8 Å². The number of imidazole rings is 1. The zero-order valence-corrected chi connectivity index (χ0v) is 12.6. The molecule has 2 N–H and O–H groups in total. The van der Waals surface area contributed by atoms with Gasteiger partial charge in [-0.05, 0) is 30.9 Å². The summed E-state index contributed by atoms with van der Waals surface area (Å²) >= 11 is 0. The monoisotopic (exact) mass is 305 g/mol. The lowest BCUT2D eigenvalue weighted by Gasteiger charge is -2.20. The number of carbonyl (C=O) groups excluding carboxylic acids is 1. The molecule has 0 spiro atoms. The molecule has 0 saturated heterocycles. The number of para-hydroxylation sites is 1. The first kappa shape index (κ1) is 15.0. The van der Waals surface area contributed by atoms with Crippen molar-refractivity contribution in [1.29, 1.82) is 0 Å². The Hall–Kier alpha value is -1.95. The number of hydrogen-bond acceptors (Lipinski definition) is 3. The molecule has 118 valence electrons. The van der Waals surface area contributed by atoms with Crippen LogP contribution in [0.2, 0.25) is 0 Å². The molecule has 1 aliphatic carbocycles. The third-order valence-electron chi connectivity index (χ3n) is 4.14. The number of benzene rings is 1. The highest BCUT2D eigenvalue weighted by atomic mass is 19.1. The average molecular weight is 305 g/mol. The number of amides is 1. The molecule has 1 unspecified atom stereocenters. The molecule has 5 nitrogen and oxygen atoms in total. The summed E-state index contributed by atoms with van der Waals surface area (Å²) in [5.41, 5.74) is 0.947. The molecule has 1 atom stereocenters. The van der Waals surface area contributed by atoms with E-state index in [4.69, 9.17) is 0 Å². The number of aromatic nitrogens is 2. The first-order valence-corrected chi connectivity index (χ1v) is 7.59. The molecule has 6 heteroatoms. The summed E-state index contributed by atoms with van der Waals surface area (Å²) < 4.78 is 13.6. The summed E-state index contributed by atoms with van der Waals surface area (Å²) in [4.78, 5) is 20.9. The SMILES string of the molecule is CN(CC(O)C1CC1)C(=O)CCc1nc2c(F)cccc2[nH]1. The minimum Gasteiger partial charge on any atom is -0.391 e. The zero-order chi connectivity index (χ0) is 15.7. The lowest BCUT2D eigenvalue weighted by Crippen LogP contribution is -2.35. The van der Waals surface area contributed by atoms with Gasteiger partial charge < -0.3 is 15.0 Å². The van der Waals surface area contributed by atoms with E-state index in [9.17, 15) is 14.3 Å². The molecule has 1 aliphatic rings. The normalized spacial score (nSPS) is 16.0. The fraction of sp³-hybridized carbons (Fsp3) is 0.500. The van der Waals surface area contributed by atoms with Crippen LogP contribution in [0.1, 0.15) is 25.1 Å². The van der Waals surface area contributed by atoms with Gasteiger partial charge >= 0.3 is 0 Å².